The lowest BCUT2D eigenvalue weighted by Gasteiger charge is -2.03. The topological polar surface area (TPSA) is 55.1 Å². The number of aromatic nitrogens is 1. The molecule has 2 heterocycles. The summed E-state index contributed by atoms with van der Waals surface area (Å²) in [5, 5.41) is 2.83. The highest BCUT2D eigenvalue weighted by Crippen LogP contribution is 2.26. The first kappa shape index (κ1) is 18.7. The highest BCUT2D eigenvalue weighted by Gasteiger charge is 2.16. The van der Waals surface area contributed by atoms with Crippen molar-refractivity contribution >= 4 is 33.2 Å². The first-order valence-corrected chi connectivity index (χ1v) is 9.54. The van der Waals surface area contributed by atoms with Gasteiger partial charge in [0, 0.05) is 24.3 Å². The lowest BCUT2D eigenvalue weighted by atomic mass is 10.1. The van der Waals surface area contributed by atoms with E-state index in [0.717, 1.165) is 22.3 Å². The van der Waals surface area contributed by atoms with Gasteiger partial charge in [0.25, 0.3) is 0 Å². The number of benzene rings is 1. The van der Waals surface area contributed by atoms with Crippen LogP contribution in [0.5, 0.6) is 0 Å². The Labute approximate surface area is 161 Å². The van der Waals surface area contributed by atoms with Gasteiger partial charge in [0.15, 0.2) is 11.7 Å². The standard InChI is InChI=1S/C18H15BrF2N2O2S/c19-15-5-4-11(26-15)8-9-22-16(24)6-7-17-23-10-14(25-17)18-12(20)2-1-3-13(18)21/h1-5,10H,6-9H2,(H,22,24). The third-order valence-corrected chi connectivity index (χ3v) is 5.33. The Morgan fingerprint density at radius 1 is 1.19 bits per heavy atom. The SMILES string of the molecule is O=C(CCc1ncc(-c2c(F)cccc2F)o1)NCCc1ccc(Br)s1. The maximum Gasteiger partial charge on any atom is 0.220 e. The third kappa shape index (κ3) is 4.76. The summed E-state index contributed by atoms with van der Waals surface area (Å²) in [5.74, 6) is -1.28. The van der Waals surface area contributed by atoms with Crippen LogP contribution in [0.15, 0.2) is 44.7 Å². The minimum atomic E-state index is -0.717. The van der Waals surface area contributed by atoms with E-state index in [1.807, 2.05) is 12.1 Å². The zero-order valence-electron chi connectivity index (χ0n) is 13.6. The van der Waals surface area contributed by atoms with E-state index >= 15 is 0 Å². The Morgan fingerprint density at radius 3 is 2.65 bits per heavy atom. The quantitative estimate of drug-likeness (QED) is 0.577. The zero-order chi connectivity index (χ0) is 18.5. The molecule has 3 rings (SSSR count). The Morgan fingerprint density at radius 2 is 1.96 bits per heavy atom. The number of carbonyl (C=O) groups excluding carboxylic acids is 1. The molecule has 0 unspecified atom stereocenters. The maximum atomic E-state index is 13.7. The Kier molecular flexibility index (Phi) is 6.16. The van der Waals surface area contributed by atoms with E-state index in [0.29, 0.717) is 6.54 Å². The van der Waals surface area contributed by atoms with Crippen molar-refractivity contribution in [2.45, 2.75) is 19.3 Å². The largest absolute Gasteiger partial charge is 0.441 e. The normalized spacial score (nSPS) is 10.9. The molecule has 0 saturated carbocycles. The summed E-state index contributed by atoms with van der Waals surface area (Å²) in [6.45, 7) is 0.545. The monoisotopic (exact) mass is 440 g/mol. The molecule has 0 saturated heterocycles. The summed E-state index contributed by atoms with van der Waals surface area (Å²) < 4.78 is 33.9. The smallest absolute Gasteiger partial charge is 0.220 e. The van der Waals surface area contributed by atoms with Crippen LogP contribution >= 0.6 is 27.3 Å². The molecule has 0 bridgehead atoms. The van der Waals surface area contributed by atoms with Gasteiger partial charge >= 0.3 is 0 Å². The Hall–Kier alpha value is -2.06. The lowest BCUT2D eigenvalue weighted by molar-refractivity contribution is -0.121. The van der Waals surface area contributed by atoms with E-state index in [4.69, 9.17) is 4.42 Å². The van der Waals surface area contributed by atoms with Gasteiger partial charge in [0.1, 0.15) is 11.6 Å². The molecule has 0 fully saturated rings. The van der Waals surface area contributed by atoms with Crippen molar-refractivity contribution in [1.82, 2.24) is 10.3 Å². The number of thiophene rings is 1. The molecule has 1 aromatic carbocycles. The van der Waals surface area contributed by atoms with E-state index in [-0.39, 0.29) is 36.0 Å². The molecule has 8 heteroatoms. The molecule has 26 heavy (non-hydrogen) atoms. The van der Waals surface area contributed by atoms with Crippen molar-refractivity contribution in [3.05, 3.63) is 62.7 Å². The summed E-state index contributed by atoms with van der Waals surface area (Å²) in [6.07, 6.45) is 2.47. The van der Waals surface area contributed by atoms with Crippen LogP contribution in [0, 0.1) is 11.6 Å². The predicted octanol–water partition coefficient (Wildman–Crippen LogP) is 4.74. The number of carbonyl (C=O) groups is 1. The van der Waals surface area contributed by atoms with Gasteiger partial charge in [-0.1, -0.05) is 6.07 Å². The van der Waals surface area contributed by atoms with E-state index < -0.39 is 11.6 Å². The fourth-order valence-electron chi connectivity index (χ4n) is 2.39. The van der Waals surface area contributed by atoms with Crippen LogP contribution in [-0.2, 0) is 17.6 Å². The van der Waals surface area contributed by atoms with Gasteiger partial charge in [0.2, 0.25) is 5.91 Å². The second kappa shape index (κ2) is 8.55. The number of oxazole rings is 1. The van der Waals surface area contributed by atoms with Crippen molar-refractivity contribution in [2.24, 2.45) is 0 Å². The number of aryl methyl sites for hydroxylation is 1. The van der Waals surface area contributed by atoms with Crippen LogP contribution in [0.25, 0.3) is 11.3 Å². The summed E-state index contributed by atoms with van der Waals surface area (Å²) in [4.78, 5) is 17.1. The number of hydrogen-bond donors (Lipinski definition) is 1. The fourth-order valence-corrected chi connectivity index (χ4v) is 3.88. The van der Waals surface area contributed by atoms with Gasteiger partial charge in [-0.25, -0.2) is 13.8 Å². The minimum absolute atomic E-state index is 0.0132. The molecule has 136 valence electrons. The predicted molar refractivity (Wildman–Crippen MR) is 98.9 cm³/mol. The van der Waals surface area contributed by atoms with Crippen LogP contribution < -0.4 is 5.32 Å². The first-order chi connectivity index (χ1) is 12.5. The summed E-state index contributed by atoms with van der Waals surface area (Å²) in [7, 11) is 0. The highest BCUT2D eigenvalue weighted by atomic mass is 79.9. The third-order valence-electron chi connectivity index (χ3n) is 3.65. The lowest BCUT2D eigenvalue weighted by Crippen LogP contribution is -2.25. The molecule has 0 aliphatic rings. The second-order valence-corrected chi connectivity index (χ2v) is 8.07. The molecule has 1 N–H and O–H groups in total. The average Bonchev–Trinajstić information content (AvgIpc) is 3.22. The van der Waals surface area contributed by atoms with E-state index in [9.17, 15) is 13.6 Å². The van der Waals surface area contributed by atoms with Crippen LogP contribution in [0.3, 0.4) is 0 Å². The van der Waals surface area contributed by atoms with Gasteiger partial charge in [-0.3, -0.25) is 4.79 Å². The van der Waals surface area contributed by atoms with Gasteiger partial charge in [-0.05, 0) is 46.6 Å². The van der Waals surface area contributed by atoms with Gasteiger partial charge < -0.3 is 9.73 Å². The van der Waals surface area contributed by atoms with Crippen LogP contribution in [0.2, 0.25) is 0 Å². The van der Waals surface area contributed by atoms with E-state index in [1.54, 1.807) is 11.3 Å². The summed E-state index contributed by atoms with van der Waals surface area (Å²) in [6, 6.07) is 7.57. The molecule has 2 aromatic heterocycles. The number of halogens is 3. The maximum absolute atomic E-state index is 13.7. The molecule has 0 aliphatic carbocycles. The van der Waals surface area contributed by atoms with Crippen LogP contribution in [0.4, 0.5) is 8.78 Å². The number of nitrogens with zero attached hydrogens (tertiary/aromatic N) is 1. The Bertz CT molecular complexity index is 890. The zero-order valence-corrected chi connectivity index (χ0v) is 16.0. The van der Waals surface area contributed by atoms with Crippen molar-refractivity contribution < 1.29 is 18.0 Å². The number of hydrogen-bond acceptors (Lipinski definition) is 4. The molecule has 0 atom stereocenters. The van der Waals surface area contributed by atoms with Gasteiger partial charge in [-0.15, -0.1) is 11.3 Å². The molecule has 4 nitrogen and oxygen atoms in total. The summed E-state index contributed by atoms with van der Waals surface area (Å²) in [5.41, 5.74) is -0.252. The molecule has 0 radical (unpaired) electrons. The number of amides is 1. The second-order valence-electron chi connectivity index (χ2n) is 5.52. The average molecular weight is 441 g/mol. The molecular weight excluding hydrogens is 426 g/mol. The summed E-state index contributed by atoms with van der Waals surface area (Å²) >= 11 is 5.03. The van der Waals surface area contributed by atoms with Gasteiger partial charge in [-0.2, -0.15) is 0 Å². The Balaban J connectivity index is 1.49. The molecule has 3 aromatic rings. The molecule has 0 spiro atoms. The molecule has 0 aliphatic heterocycles. The van der Waals surface area contributed by atoms with Crippen LogP contribution in [0.1, 0.15) is 17.2 Å². The van der Waals surface area contributed by atoms with Gasteiger partial charge in [0.05, 0.1) is 15.5 Å². The molecule has 1 amide bonds. The first-order valence-electron chi connectivity index (χ1n) is 7.93. The number of nitrogens with one attached hydrogen (secondary N) is 1. The molecular formula is C18H15BrF2N2O2S. The minimum Gasteiger partial charge on any atom is -0.441 e. The van der Waals surface area contributed by atoms with Crippen LogP contribution in [-0.4, -0.2) is 17.4 Å². The van der Waals surface area contributed by atoms with E-state index in [2.05, 4.69) is 26.2 Å². The van der Waals surface area contributed by atoms with E-state index in [1.165, 1.54) is 17.1 Å². The fraction of sp³-hybridized carbons (Fsp3) is 0.222. The number of rotatable bonds is 7. The van der Waals surface area contributed by atoms with Crippen molar-refractivity contribution in [1.29, 1.82) is 0 Å². The van der Waals surface area contributed by atoms with Crippen molar-refractivity contribution in [3.8, 4) is 11.3 Å². The van der Waals surface area contributed by atoms with Crippen molar-refractivity contribution in [2.75, 3.05) is 6.54 Å². The highest BCUT2D eigenvalue weighted by molar-refractivity contribution is 9.11. The van der Waals surface area contributed by atoms with Crippen molar-refractivity contribution in [3.63, 3.8) is 0 Å².